The van der Waals surface area contributed by atoms with E-state index >= 15 is 0 Å². The lowest BCUT2D eigenvalue weighted by Gasteiger charge is -2.34. The maximum Gasteiger partial charge on any atom is 0.225 e. The third-order valence-electron chi connectivity index (χ3n) is 4.36. The Morgan fingerprint density at radius 2 is 1.81 bits per heavy atom. The van der Waals surface area contributed by atoms with Gasteiger partial charge in [-0.3, -0.25) is 4.79 Å². The summed E-state index contributed by atoms with van der Waals surface area (Å²) in [7, 11) is 0.182. The molecule has 1 fully saturated rings. The minimum atomic E-state index is -3.20. The van der Waals surface area contributed by atoms with Crippen molar-refractivity contribution in [1.82, 2.24) is 14.5 Å². The van der Waals surface area contributed by atoms with Crippen LogP contribution in [0, 0.1) is 5.92 Å². The van der Waals surface area contributed by atoms with Crippen molar-refractivity contribution in [2.45, 2.75) is 39.2 Å². The summed E-state index contributed by atoms with van der Waals surface area (Å²) in [6, 6.07) is -0.0706. The lowest BCUT2D eigenvalue weighted by atomic mass is 9.96. The standard InChI is InChI=1S/C14H29N3O3S/c1-5-13(11-16(3)21(19,20)6-2)17(4)14(18)12-7-9-15-10-8-12/h12-13,15H,5-11H2,1-4H3/t13-/m1/s1. The Hall–Kier alpha value is -0.660. The van der Waals surface area contributed by atoms with Crippen molar-refractivity contribution in [1.29, 1.82) is 0 Å². The van der Waals surface area contributed by atoms with Crippen LogP contribution in [0.3, 0.4) is 0 Å². The summed E-state index contributed by atoms with van der Waals surface area (Å²) in [5.41, 5.74) is 0. The molecule has 1 atom stereocenters. The van der Waals surface area contributed by atoms with Crippen molar-refractivity contribution in [2.75, 3.05) is 39.5 Å². The topological polar surface area (TPSA) is 69.7 Å². The van der Waals surface area contributed by atoms with Gasteiger partial charge in [0, 0.05) is 32.6 Å². The number of amides is 1. The second kappa shape index (κ2) is 8.10. The number of nitrogens with zero attached hydrogens (tertiary/aromatic N) is 2. The number of likely N-dealkylation sites (N-methyl/N-ethyl adjacent to an activating group) is 2. The third-order valence-corrected chi connectivity index (χ3v) is 6.19. The van der Waals surface area contributed by atoms with Crippen LogP contribution in [-0.4, -0.2) is 69.1 Å². The van der Waals surface area contributed by atoms with Crippen LogP contribution >= 0.6 is 0 Å². The molecule has 1 heterocycles. The Balaban J connectivity index is 2.67. The lowest BCUT2D eigenvalue weighted by Crippen LogP contribution is -2.48. The quantitative estimate of drug-likeness (QED) is 0.742. The molecule has 0 aliphatic carbocycles. The van der Waals surface area contributed by atoms with Gasteiger partial charge in [0.15, 0.2) is 0 Å². The Bertz CT molecular complexity index is 433. The van der Waals surface area contributed by atoms with E-state index in [4.69, 9.17) is 0 Å². The van der Waals surface area contributed by atoms with Crippen LogP contribution in [0.5, 0.6) is 0 Å². The number of nitrogens with one attached hydrogen (secondary N) is 1. The number of hydrogen-bond acceptors (Lipinski definition) is 4. The van der Waals surface area contributed by atoms with Gasteiger partial charge in [-0.05, 0) is 39.3 Å². The molecule has 0 aromatic heterocycles. The van der Waals surface area contributed by atoms with Gasteiger partial charge in [-0.2, -0.15) is 0 Å². The zero-order valence-corrected chi connectivity index (χ0v) is 14.4. The molecule has 124 valence electrons. The Labute approximate surface area is 128 Å². The molecular formula is C14H29N3O3S. The second-order valence-corrected chi connectivity index (χ2v) is 8.08. The number of carbonyl (C=O) groups excluding carboxylic acids is 1. The highest BCUT2D eigenvalue weighted by molar-refractivity contribution is 7.89. The van der Waals surface area contributed by atoms with Crippen molar-refractivity contribution < 1.29 is 13.2 Å². The predicted molar refractivity (Wildman–Crippen MR) is 84.5 cm³/mol. The van der Waals surface area contributed by atoms with Crippen molar-refractivity contribution in [3.05, 3.63) is 0 Å². The third kappa shape index (κ3) is 4.93. The van der Waals surface area contributed by atoms with Gasteiger partial charge < -0.3 is 10.2 Å². The predicted octanol–water partition coefficient (Wildman–Crippen LogP) is 0.505. The minimum absolute atomic E-state index is 0.0680. The summed E-state index contributed by atoms with van der Waals surface area (Å²) >= 11 is 0. The van der Waals surface area contributed by atoms with Crippen LogP contribution in [0.15, 0.2) is 0 Å². The van der Waals surface area contributed by atoms with Gasteiger partial charge in [0.25, 0.3) is 0 Å². The molecule has 0 radical (unpaired) electrons. The van der Waals surface area contributed by atoms with E-state index in [9.17, 15) is 13.2 Å². The molecule has 21 heavy (non-hydrogen) atoms. The van der Waals surface area contributed by atoms with Crippen LogP contribution in [-0.2, 0) is 14.8 Å². The van der Waals surface area contributed by atoms with Crippen LogP contribution in [0.1, 0.15) is 33.1 Å². The first kappa shape index (κ1) is 18.4. The van der Waals surface area contributed by atoms with E-state index in [-0.39, 0.29) is 23.6 Å². The van der Waals surface area contributed by atoms with Gasteiger partial charge in [0.05, 0.1) is 5.75 Å². The molecule has 0 aromatic carbocycles. The first-order valence-electron chi connectivity index (χ1n) is 7.74. The minimum Gasteiger partial charge on any atom is -0.341 e. The van der Waals surface area contributed by atoms with E-state index in [0.29, 0.717) is 6.54 Å². The van der Waals surface area contributed by atoms with E-state index < -0.39 is 10.0 Å². The summed E-state index contributed by atoms with van der Waals surface area (Å²) < 4.78 is 25.1. The van der Waals surface area contributed by atoms with Gasteiger partial charge in [-0.1, -0.05) is 6.92 Å². The maximum atomic E-state index is 12.5. The van der Waals surface area contributed by atoms with E-state index in [2.05, 4.69) is 5.32 Å². The Kier molecular flexibility index (Phi) is 7.09. The molecule has 7 heteroatoms. The van der Waals surface area contributed by atoms with E-state index in [0.717, 1.165) is 32.4 Å². The molecule has 0 saturated carbocycles. The van der Waals surface area contributed by atoms with Gasteiger partial charge >= 0.3 is 0 Å². The van der Waals surface area contributed by atoms with Gasteiger partial charge in [0.1, 0.15) is 0 Å². The first-order valence-corrected chi connectivity index (χ1v) is 9.35. The number of carbonyl (C=O) groups is 1. The van der Waals surface area contributed by atoms with E-state index in [1.54, 1.807) is 25.9 Å². The zero-order valence-electron chi connectivity index (χ0n) is 13.6. The molecule has 1 amide bonds. The number of rotatable bonds is 7. The Morgan fingerprint density at radius 1 is 1.24 bits per heavy atom. The fraction of sp³-hybridized carbons (Fsp3) is 0.929. The van der Waals surface area contributed by atoms with Gasteiger partial charge in [-0.25, -0.2) is 12.7 Å². The maximum absolute atomic E-state index is 12.5. The Morgan fingerprint density at radius 3 is 2.29 bits per heavy atom. The van der Waals surface area contributed by atoms with Crippen molar-refractivity contribution in [3.8, 4) is 0 Å². The summed E-state index contributed by atoms with van der Waals surface area (Å²) in [4.78, 5) is 14.3. The van der Waals surface area contributed by atoms with Crippen LogP contribution < -0.4 is 5.32 Å². The van der Waals surface area contributed by atoms with Crippen molar-refractivity contribution in [3.63, 3.8) is 0 Å². The average Bonchev–Trinajstić information content (AvgIpc) is 2.51. The lowest BCUT2D eigenvalue weighted by molar-refractivity contribution is -0.137. The highest BCUT2D eigenvalue weighted by Crippen LogP contribution is 2.17. The molecule has 1 rings (SSSR count). The van der Waals surface area contributed by atoms with E-state index in [1.807, 2.05) is 6.92 Å². The number of sulfonamides is 1. The molecule has 1 N–H and O–H groups in total. The summed E-state index contributed by atoms with van der Waals surface area (Å²) in [6.45, 7) is 5.75. The normalized spacial score (nSPS) is 18.7. The van der Waals surface area contributed by atoms with Crippen LogP contribution in [0.25, 0.3) is 0 Å². The summed E-state index contributed by atoms with van der Waals surface area (Å²) in [5, 5.41) is 3.25. The molecule has 0 spiro atoms. The van der Waals surface area contributed by atoms with Crippen molar-refractivity contribution in [2.24, 2.45) is 5.92 Å². The average molecular weight is 319 g/mol. The zero-order chi connectivity index (χ0) is 16.0. The fourth-order valence-electron chi connectivity index (χ4n) is 2.69. The smallest absolute Gasteiger partial charge is 0.225 e. The van der Waals surface area contributed by atoms with Gasteiger partial charge in [-0.15, -0.1) is 0 Å². The molecular weight excluding hydrogens is 290 g/mol. The fourth-order valence-corrected chi connectivity index (χ4v) is 3.53. The highest BCUT2D eigenvalue weighted by Gasteiger charge is 2.29. The molecule has 1 saturated heterocycles. The number of hydrogen-bond donors (Lipinski definition) is 1. The summed E-state index contributed by atoms with van der Waals surface area (Å²) in [5.74, 6) is 0.301. The second-order valence-electron chi connectivity index (χ2n) is 5.72. The monoisotopic (exact) mass is 319 g/mol. The molecule has 0 bridgehead atoms. The van der Waals surface area contributed by atoms with Crippen LogP contribution in [0.2, 0.25) is 0 Å². The van der Waals surface area contributed by atoms with E-state index in [1.165, 1.54) is 4.31 Å². The van der Waals surface area contributed by atoms with Gasteiger partial charge in [0.2, 0.25) is 15.9 Å². The molecule has 0 aromatic rings. The highest BCUT2D eigenvalue weighted by atomic mass is 32.2. The first-order chi connectivity index (χ1) is 9.83. The van der Waals surface area contributed by atoms with Crippen molar-refractivity contribution >= 4 is 15.9 Å². The molecule has 6 nitrogen and oxygen atoms in total. The molecule has 1 aliphatic rings. The molecule has 1 aliphatic heterocycles. The largest absolute Gasteiger partial charge is 0.341 e. The number of piperidine rings is 1. The SMILES string of the molecule is CC[C@H](CN(C)S(=O)(=O)CC)N(C)C(=O)C1CCNCC1. The van der Waals surface area contributed by atoms with Crippen LogP contribution in [0.4, 0.5) is 0 Å². The summed E-state index contributed by atoms with van der Waals surface area (Å²) in [6.07, 6.45) is 2.47. The molecule has 0 unspecified atom stereocenters.